The first-order valence-electron chi connectivity index (χ1n) is 7.98. The van der Waals surface area contributed by atoms with Crippen LogP contribution in [0, 0.1) is 28.8 Å². The van der Waals surface area contributed by atoms with Crippen molar-refractivity contribution in [3.63, 3.8) is 0 Å². The van der Waals surface area contributed by atoms with Crippen molar-refractivity contribution in [2.24, 2.45) is 22.2 Å². The maximum atomic E-state index is 9.94. The summed E-state index contributed by atoms with van der Waals surface area (Å²) in [7, 11) is 0. The van der Waals surface area contributed by atoms with E-state index in [1.807, 2.05) is 6.92 Å². The van der Waals surface area contributed by atoms with Gasteiger partial charge in [-0.2, -0.15) is 5.26 Å². The van der Waals surface area contributed by atoms with Crippen LogP contribution < -0.4 is 0 Å². The van der Waals surface area contributed by atoms with Crippen molar-refractivity contribution < 1.29 is 24.9 Å². The van der Waals surface area contributed by atoms with E-state index in [1.165, 1.54) is 0 Å². The van der Waals surface area contributed by atoms with E-state index >= 15 is 0 Å². The number of carbonyl (C=O) groups excluding carboxylic acids is 1. The lowest BCUT2D eigenvalue weighted by Crippen LogP contribution is -2.32. The molecule has 1 aliphatic carbocycles. The third-order valence-corrected chi connectivity index (χ3v) is 4.45. The first-order valence-corrected chi connectivity index (χ1v) is 7.98. The molecule has 2 atom stereocenters. The molecule has 0 aromatic heterocycles. The molecule has 0 aromatic carbocycles. The minimum Gasteiger partial charge on any atom is -0.427 e. The van der Waals surface area contributed by atoms with Crippen LogP contribution in [0.15, 0.2) is 4.99 Å². The number of aliphatic hydroxyl groups is 3. The van der Waals surface area contributed by atoms with Crippen LogP contribution in [0.3, 0.4) is 0 Å². The summed E-state index contributed by atoms with van der Waals surface area (Å²) in [5.74, 6) is 0.924. The van der Waals surface area contributed by atoms with Crippen LogP contribution in [0.4, 0.5) is 0 Å². The molecule has 7 nitrogen and oxygen atoms in total. The predicted octanol–water partition coefficient (Wildman–Crippen LogP) is 0.986. The molecule has 1 aliphatic rings. The molecule has 0 bridgehead atoms. The van der Waals surface area contributed by atoms with Crippen molar-refractivity contribution in [3.05, 3.63) is 0 Å². The van der Waals surface area contributed by atoms with Crippen LogP contribution in [0.2, 0.25) is 0 Å². The lowest BCUT2D eigenvalue weighted by molar-refractivity contribution is 0.00304. The standard InChI is InChI=1S/C10H14N2O2.C6H14O3/c11-7-14-6-10-3-1-2-9(4-10)5-12-8-13;1-2-6(3-7,4-8)5-9/h9-10H,1-6H2;7-9H,2-5H2,1H3. The van der Waals surface area contributed by atoms with Crippen molar-refractivity contribution in [3.8, 4) is 6.26 Å². The topological polar surface area (TPSA) is 123 Å². The van der Waals surface area contributed by atoms with Gasteiger partial charge in [0.1, 0.15) is 6.61 Å². The fraction of sp³-hybridized carbons (Fsp3) is 0.875. The molecule has 0 heterocycles. The molecule has 0 amide bonds. The Kier molecular flexibility index (Phi) is 12.2. The molecule has 1 fully saturated rings. The SMILES string of the molecule is CCC(CO)(CO)CO.N#COCC1CCCC(CN=C=O)C1. The van der Waals surface area contributed by atoms with Crippen molar-refractivity contribution in [2.45, 2.75) is 39.0 Å². The van der Waals surface area contributed by atoms with E-state index in [1.54, 1.807) is 12.3 Å². The van der Waals surface area contributed by atoms with Crippen LogP contribution in [0.25, 0.3) is 0 Å². The molecule has 3 N–H and O–H groups in total. The molecule has 1 saturated carbocycles. The average molecular weight is 328 g/mol. The van der Waals surface area contributed by atoms with Gasteiger partial charge in [-0.05, 0) is 37.5 Å². The van der Waals surface area contributed by atoms with Crippen molar-refractivity contribution >= 4 is 6.08 Å². The highest BCUT2D eigenvalue weighted by Gasteiger charge is 2.25. The molecule has 0 radical (unpaired) electrons. The van der Waals surface area contributed by atoms with E-state index in [9.17, 15) is 4.79 Å². The summed E-state index contributed by atoms with van der Waals surface area (Å²) in [4.78, 5) is 13.5. The molecule has 132 valence electrons. The van der Waals surface area contributed by atoms with Gasteiger partial charge in [-0.1, -0.05) is 13.3 Å². The number of ether oxygens (including phenoxy) is 1. The molecule has 0 spiro atoms. The molecule has 23 heavy (non-hydrogen) atoms. The summed E-state index contributed by atoms with van der Waals surface area (Å²) in [6.07, 6.45) is 8.22. The largest absolute Gasteiger partial charge is 0.427 e. The highest BCUT2D eigenvalue weighted by molar-refractivity contribution is 5.32. The van der Waals surface area contributed by atoms with Gasteiger partial charge in [0.2, 0.25) is 6.08 Å². The minimum atomic E-state index is -0.667. The van der Waals surface area contributed by atoms with Gasteiger partial charge in [0.25, 0.3) is 6.26 Å². The van der Waals surface area contributed by atoms with Crippen LogP contribution >= 0.6 is 0 Å². The zero-order chi connectivity index (χ0) is 17.6. The number of nitriles is 1. The monoisotopic (exact) mass is 328 g/mol. The van der Waals surface area contributed by atoms with Crippen LogP contribution in [-0.2, 0) is 9.53 Å². The van der Waals surface area contributed by atoms with Gasteiger partial charge in [0, 0.05) is 5.41 Å². The summed E-state index contributed by atoms with van der Waals surface area (Å²) in [6.45, 7) is 2.44. The average Bonchev–Trinajstić information content (AvgIpc) is 2.61. The number of hydrogen-bond acceptors (Lipinski definition) is 7. The smallest absolute Gasteiger partial charge is 0.286 e. The second-order valence-electron chi connectivity index (χ2n) is 6.06. The number of isocyanates is 1. The Labute approximate surface area is 137 Å². The van der Waals surface area contributed by atoms with Crippen LogP contribution in [-0.4, -0.2) is 54.4 Å². The molecule has 7 heteroatoms. The van der Waals surface area contributed by atoms with Gasteiger partial charge in [-0.25, -0.2) is 9.79 Å². The second-order valence-corrected chi connectivity index (χ2v) is 6.06. The maximum absolute atomic E-state index is 9.94. The number of nitrogens with zero attached hydrogens (tertiary/aromatic N) is 2. The van der Waals surface area contributed by atoms with Gasteiger partial charge in [0.15, 0.2) is 0 Å². The van der Waals surface area contributed by atoms with Gasteiger partial charge in [-0.15, -0.1) is 0 Å². The van der Waals surface area contributed by atoms with Crippen molar-refractivity contribution in [2.75, 3.05) is 33.0 Å². The molecule has 0 aromatic rings. The number of rotatable bonds is 8. The van der Waals surface area contributed by atoms with Gasteiger partial charge in [-0.3, -0.25) is 0 Å². The Morgan fingerprint density at radius 3 is 2.26 bits per heavy atom. The molecule has 0 aliphatic heterocycles. The Morgan fingerprint density at radius 1 is 1.22 bits per heavy atom. The second kappa shape index (κ2) is 13.0. The zero-order valence-corrected chi connectivity index (χ0v) is 13.8. The lowest BCUT2D eigenvalue weighted by Gasteiger charge is -2.26. The third kappa shape index (κ3) is 8.68. The Balaban J connectivity index is 0.000000468. The van der Waals surface area contributed by atoms with Gasteiger partial charge >= 0.3 is 0 Å². The maximum Gasteiger partial charge on any atom is 0.286 e. The summed E-state index contributed by atoms with van der Waals surface area (Å²) in [5, 5.41) is 34.2. The van der Waals surface area contributed by atoms with E-state index in [0.29, 0.717) is 31.4 Å². The van der Waals surface area contributed by atoms with Crippen LogP contribution in [0.1, 0.15) is 39.0 Å². The normalized spacial score (nSPS) is 20.5. The molecular weight excluding hydrogens is 300 g/mol. The van der Waals surface area contributed by atoms with Gasteiger partial charge < -0.3 is 20.1 Å². The summed E-state index contributed by atoms with van der Waals surface area (Å²) in [5.41, 5.74) is -0.667. The summed E-state index contributed by atoms with van der Waals surface area (Å²) >= 11 is 0. The minimum absolute atomic E-state index is 0.156. The summed E-state index contributed by atoms with van der Waals surface area (Å²) in [6, 6.07) is 0. The van der Waals surface area contributed by atoms with E-state index in [4.69, 9.17) is 25.3 Å². The Morgan fingerprint density at radius 2 is 1.83 bits per heavy atom. The van der Waals surface area contributed by atoms with E-state index in [2.05, 4.69) is 4.99 Å². The number of aliphatic imine (C=N–C) groups is 1. The zero-order valence-electron chi connectivity index (χ0n) is 13.8. The van der Waals surface area contributed by atoms with E-state index in [-0.39, 0.29) is 19.8 Å². The summed E-state index contributed by atoms with van der Waals surface area (Å²) < 4.78 is 4.72. The lowest BCUT2D eigenvalue weighted by atomic mass is 9.82. The van der Waals surface area contributed by atoms with Crippen molar-refractivity contribution in [1.82, 2.24) is 0 Å². The first-order chi connectivity index (χ1) is 11.1. The predicted molar refractivity (Wildman–Crippen MR) is 84.0 cm³/mol. The fourth-order valence-corrected chi connectivity index (χ4v) is 2.53. The highest BCUT2D eigenvalue weighted by atomic mass is 16.5. The van der Waals surface area contributed by atoms with Gasteiger partial charge in [0.05, 0.1) is 26.4 Å². The fourth-order valence-electron chi connectivity index (χ4n) is 2.53. The van der Waals surface area contributed by atoms with E-state index in [0.717, 1.165) is 25.7 Å². The third-order valence-electron chi connectivity index (χ3n) is 4.45. The highest BCUT2D eigenvalue weighted by Crippen LogP contribution is 2.29. The van der Waals surface area contributed by atoms with Crippen molar-refractivity contribution in [1.29, 1.82) is 5.26 Å². The number of hydrogen-bond donors (Lipinski definition) is 3. The first kappa shape index (κ1) is 21.6. The van der Waals surface area contributed by atoms with E-state index < -0.39 is 5.41 Å². The molecule has 1 rings (SSSR count). The Bertz CT molecular complexity index is 369. The molecule has 0 saturated heterocycles. The van der Waals surface area contributed by atoms with Crippen LogP contribution in [0.5, 0.6) is 0 Å². The Hall–Kier alpha value is -1.45. The molecule has 2 unspecified atom stereocenters. The quantitative estimate of drug-likeness (QED) is 0.347. The molecular formula is C16H28N2O5. The number of aliphatic hydroxyl groups excluding tert-OH is 3.